The van der Waals surface area contributed by atoms with Gasteiger partial charge in [0.15, 0.2) is 0 Å². The monoisotopic (exact) mass is 339 g/mol. The Balaban J connectivity index is 0.00000264. The van der Waals surface area contributed by atoms with Crippen LogP contribution in [-0.2, 0) is 9.59 Å². The standard InChI is InChI=1S/C17H25N3O2.ClH/c1-3-16(21)19-13-8-7-11(2)15(9-13)20-17(22)14-6-4-5-12(14)10-18;/h7-9,12,14H,3-6,10,18H2,1-2H3,(H,19,21)(H,20,22);1H/t12-,14-;/m1./s1. The Morgan fingerprint density at radius 3 is 2.65 bits per heavy atom. The van der Waals surface area contributed by atoms with E-state index in [1.807, 2.05) is 25.1 Å². The number of rotatable bonds is 5. The van der Waals surface area contributed by atoms with Gasteiger partial charge in [0.1, 0.15) is 0 Å². The predicted molar refractivity (Wildman–Crippen MR) is 95.9 cm³/mol. The topological polar surface area (TPSA) is 84.2 Å². The third kappa shape index (κ3) is 4.94. The van der Waals surface area contributed by atoms with Crippen molar-refractivity contribution in [1.29, 1.82) is 0 Å². The van der Waals surface area contributed by atoms with E-state index in [0.717, 1.165) is 30.5 Å². The van der Waals surface area contributed by atoms with Gasteiger partial charge in [-0.05, 0) is 49.9 Å². The van der Waals surface area contributed by atoms with Gasteiger partial charge in [0.25, 0.3) is 0 Å². The maximum atomic E-state index is 12.5. The van der Waals surface area contributed by atoms with E-state index in [4.69, 9.17) is 5.73 Å². The highest BCUT2D eigenvalue weighted by molar-refractivity contribution is 5.95. The number of benzene rings is 1. The average Bonchev–Trinajstić information content (AvgIpc) is 2.99. The molecule has 0 aliphatic heterocycles. The summed E-state index contributed by atoms with van der Waals surface area (Å²) in [6.45, 7) is 4.30. The zero-order chi connectivity index (χ0) is 16.1. The molecule has 2 rings (SSSR count). The summed E-state index contributed by atoms with van der Waals surface area (Å²) in [6, 6.07) is 5.56. The lowest BCUT2D eigenvalue weighted by atomic mass is 9.95. The molecular formula is C17H26ClN3O2. The number of carbonyl (C=O) groups excluding carboxylic acids is 2. The fourth-order valence-electron chi connectivity index (χ4n) is 2.97. The summed E-state index contributed by atoms with van der Waals surface area (Å²) < 4.78 is 0. The molecule has 0 unspecified atom stereocenters. The SMILES string of the molecule is CCC(=O)Nc1ccc(C)c(NC(=O)[C@@H]2CCC[C@@H]2CN)c1.Cl. The van der Waals surface area contributed by atoms with E-state index in [1.54, 1.807) is 6.92 Å². The molecule has 5 nitrogen and oxygen atoms in total. The van der Waals surface area contributed by atoms with Crippen LogP contribution in [0.3, 0.4) is 0 Å². The molecule has 0 saturated heterocycles. The highest BCUT2D eigenvalue weighted by Gasteiger charge is 2.32. The molecule has 1 aliphatic rings. The second kappa shape index (κ2) is 8.89. The Morgan fingerprint density at radius 2 is 2.00 bits per heavy atom. The Morgan fingerprint density at radius 1 is 1.26 bits per heavy atom. The Labute approximate surface area is 143 Å². The molecule has 0 aromatic heterocycles. The van der Waals surface area contributed by atoms with Gasteiger partial charge in [0.05, 0.1) is 0 Å². The molecule has 2 amide bonds. The van der Waals surface area contributed by atoms with Gasteiger partial charge >= 0.3 is 0 Å². The first-order valence-corrected chi connectivity index (χ1v) is 7.96. The van der Waals surface area contributed by atoms with E-state index < -0.39 is 0 Å². The second-order valence-electron chi connectivity index (χ2n) is 5.95. The first-order valence-electron chi connectivity index (χ1n) is 7.96. The van der Waals surface area contributed by atoms with Gasteiger partial charge in [-0.15, -0.1) is 12.4 Å². The number of aryl methyl sites for hydroxylation is 1. The van der Waals surface area contributed by atoms with Crippen molar-refractivity contribution in [1.82, 2.24) is 0 Å². The molecule has 4 N–H and O–H groups in total. The minimum Gasteiger partial charge on any atom is -0.330 e. The predicted octanol–water partition coefficient (Wildman–Crippen LogP) is 3.08. The third-order valence-electron chi connectivity index (χ3n) is 4.40. The molecule has 128 valence electrons. The summed E-state index contributed by atoms with van der Waals surface area (Å²) >= 11 is 0. The largest absolute Gasteiger partial charge is 0.330 e. The second-order valence-corrected chi connectivity index (χ2v) is 5.95. The zero-order valence-electron chi connectivity index (χ0n) is 13.7. The van der Waals surface area contributed by atoms with Crippen LogP contribution < -0.4 is 16.4 Å². The number of nitrogens with two attached hydrogens (primary N) is 1. The number of halogens is 1. The molecule has 0 spiro atoms. The Kier molecular flexibility index (Phi) is 7.52. The average molecular weight is 340 g/mol. The summed E-state index contributed by atoms with van der Waals surface area (Å²) in [7, 11) is 0. The van der Waals surface area contributed by atoms with Gasteiger partial charge in [-0.3, -0.25) is 9.59 Å². The van der Waals surface area contributed by atoms with Crippen molar-refractivity contribution in [3.63, 3.8) is 0 Å². The number of nitrogens with one attached hydrogen (secondary N) is 2. The number of anilines is 2. The lowest BCUT2D eigenvalue weighted by Gasteiger charge is -2.18. The van der Waals surface area contributed by atoms with E-state index in [0.29, 0.717) is 18.7 Å². The molecule has 0 radical (unpaired) electrons. The van der Waals surface area contributed by atoms with Crippen LogP contribution in [0.5, 0.6) is 0 Å². The highest BCUT2D eigenvalue weighted by Crippen LogP contribution is 2.32. The minimum atomic E-state index is -0.0416. The molecular weight excluding hydrogens is 314 g/mol. The molecule has 2 atom stereocenters. The van der Waals surface area contributed by atoms with Crippen LogP contribution in [0.25, 0.3) is 0 Å². The normalized spacial score (nSPS) is 19.8. The summed E-state index contributed by atoms with van der Waals surface area (Å²) in [5.74, 6) is 0.275. The highest BCUT2D eigenvalue weighted by atomic mass is 35.5. The molecule has 6 heteroatoms. The van der Waals surface area contributed by atoms with Gasteiger partial charge in [0, 0.05) is 23.7 Å². The Hall–Kier alpha value is -1.59. The fourth-order valence-corrected chi connectivity index (χ4v) is 2.97. The van der Waals surface area contributed by atoms with Gasteiger partial charge in [-0.25, -0.2) is 0 Å². The lowest BCUT2D eigenvalue weighted by molar-refractivity contribution is -0.120. The van der Waals surface area contributed by atoms with Crippen LogP contribution in [0.2, 0.25) is 0 Å². The number of carbonyl (C=O) groups is 2. The number of amides is 2. The molecule has 1 fully saturated rings. The van der Waals surface area contributed by atoms with Crippen LogP contribution >= 0.6 is 12.4 Å². The van der Waals surface area contributed by atoms with Crippen molar-refractivity contribution in [3.8, 4) is 0 Å². The molecule has 23 heavy (non-hydrogen) atoms. The summed E-state index contributed by atoms with van der Waals surface area (Å²) in [6.07, 6.45) is 3.42. The van der Waals surface area contributed by atoms with Crippen LogP contribution in [-0.4, -0.2) is 18.4 Å². The fraction of sp³-hybridized carbons (Fsp3) is 0.529. The minimum absolute atomic E-state index is 0. The van der Waals surface area contributed by atoms with Crippen molar-refractivity contribution >= 4 is 35.6 Å². The zero-order valence-corrected chi connectivity index (χ0v) is 14.5. The Bertz CT molecular complexity index is 563. The van der Waals surface area contributed by atoms with Gasteiger partial charge in [-0.2, -0.15) is 0 Å². The van der Waals surface area contributed by atoms with Crippen molar-refractivity contribution in [2.45, 2.75) is 39.5 Å². The van der Waals surface area contributed by atoms with Crippen LogP contribution in [0.15, 0.2) is 18.2 Å². The van der Waals surface area contributed by atoms with Gasteiger partial charge in [-0.1, -0.05) is 19.4 Å². The molecule has 1 aromatic rings. The van der Waals surface area contributed by atoms with Crippen molar-refractivity contribution in [2.24, 2.45) is 17.6 Å². The van der Waals surface area contributed by atoms with E-state index in [-0.39, 0.29) is 36.1 Å². The van der Waals surface area contributed by atoms with Crippen molar-refractivity contribution < 1.29 is 9.59 Å². The van der Waals surface area contributed by atoms with Gasteiger partial charge < -0.3 is 16.4 Å². The molecule has 1 saturated carbocycles. The molecule has 1 aliphatic carbocycles. The molecule has 0 bridgehead atoms. The summed E-state index contributed by atoms with van der Waals surface area (Å²) in [5.41, 5.74) is 8.18. The lowest BCUT2D eigenvalue weighted by Crippen LogP contribution is -2.30. The summed E-state index contributed by atoms with van der Waals surface area (Å²) in [4.78, 5) is 24.0. The molecule has 0 heterocycles. The maximum Gasteiger partial charge on any atom is 0.227 e. The first-order chi connectivity index (χ1) is 10.5. The number of hydrogen-bond donors (Lipinski definition) is 3. The summed E-state index contributed by atoms with van der Waals surface area (Å²) in [5, 5.41) is 5.81. The van der Waals surface area contributed by atoms with E-state index >= 15 is 0 Å². The molecule has 1 aromatic carbocycles. The van der Waals surface area contributed by atoms with Crippen LogP contribution in [0.4, 0.5) is 11.4 Å². The van der Waals surface area contributed by atoms with Gasteiger partial charge in [0.2, 0.25) is 11.8 Å². The van der Waals surface area contributed by atoms with E-state index in [2.05, 4.69) is 10.6 Å². The van der Waals surface area contributed by atoms with Crippen molar-refractivity contribution in [2.75, 3.05) is 17.2 Å². The quantitative estimate of drug-likeness (QED) is 0.770. The first kappa shape index (κ1) is 19.5. The smallest absolute Gasteiger partial charge is 0.227 e. The van der Waals surface area contributed by atoms with Crippen molar-refractivity contribution in [3.05, 3.63) is 23.8 Å². The van der Waals surface area contributed by atoms with E-state index in [1.165, 1.54) is 0 Å². The third-order valence-corrected chi connectivity index (χ3v) is 4.40. The van der Waals surface area contributed by atoms with Crippen LogP contribution in [0.1, 0.15) is 38.2 Å². The maximum absolute atomic E-state index is 12.5. The van der Waals surface area contributed by atoms with E-state index in [9.17, 15) is 9.59 Å². The number of hydrogen-bond acceptors (Lipinski definition) is 3. The van der Waals surface area contributed by atoms with Crippen LogP contribution in [0, 0.1) is 18.8 Å².